The molecule has 0 aliphatic carbocycles. The van der Waals surface area contributed by atoms with Crippen LogP contribution in [0.15, 0.2) is 30.5 Å². The SMILES string of the molecule is Cc1ncc(CNCc2ccccc2OCCO)s1. The van der Waals surface area contributed by atoms with Crippen molar-refractivity contribution in [3.63, 3.8) is 0 Å². The van der Waals surface area contributed by atoms with E-state index >= 15 is 0 Å². The molecule has 5 heteroatoms. The van der Waals surface area contributed by atoms with E-state index in [1.807, 2.05) is 37.4 Å². The van der Waals surface area contributed by atoms with Crippen LogP contribution in [0.2, 0.25) is 0 Å². The standard InChI is InChI=1S/C14H18N2O2S/c1-11-16-10-13(19-11)9-15-8-12-4-2-3-5-14(12)18-7-6-17/h2-5,10,15,17H,6-9H2,1H3. The van der Waals surface area contributed by atoms with Gasteiger partial charge in [0.1, 0.15) is 12.4 Å². The van der Waals surface area contributed by atoms with Gasteiger partial charge in [0.05, 0.1) is 11.6 Å². The molecule has 19 heavy (non-hydrogen) atoms. The summed E-state index contributed by atoms with van der Waals surface area (Å²) in [4.78, 5) is 5.45. The number of rotatable bonds is 7. The topological polar surface area (TPSA) is 54.4 Å². The summed E-state index contributed by atoms with van der Waals surface area (Å²) < 4.78 is 5.49. The molecule has 2 aromatic rings. The average molecular weight is 278 g/mol. The minimum absolute atomic E-state index is 0.0297. The van der Waals surface area contributed by atoms with Gasteiger partial charge in [0, 0.05) is 29.7 Å². The number of nitrogens with one attached hydrogen (secondary N) is 1. The fourth-order valence-electron chi connectivity index (χ4n) is 1.75. The average Bonchev–Trinajstić information content (AvgIpc) is 2.83. The van der Waals surface area contributed by atoms with Gasteiger partial charge in [-0.25, -0.2) is 4.98 Å². The Hall–Kier alpha value is -1.43. The first-order valence-electron chi connectivity index (χ1n) is 6.23. The van der Waals surface area contributed by atoms with Crippen LogP contribution in [0, 0.1) is 6.92 Å². The van der Waals surface area contributed by atoms with Crippen molar-refractivity contribution in [1.82, 2.24) is 10.3 Å². The number of aryl methyl sites for hydroxylation is 1. The molecule has 102 valence electrons. The van der Waals surface area contributed by atoms with Crippen LogP contribution >= 0.6 is 11.3 Å². The highest BCUT2D eigenvalue weighted by Gasteiger charge is 2.03. The lowest BCUT2D eigenvalue weighted by Gasteiger charge is -2.10. The smallest absolute Gasteiger partial charge is 0.123 e. The van der Waals surface area contributed by atoms with E-state index in [2.05, 4.69) is 10.3 Å². The normalized spacial score (nSPS) is 10.6. The van der Waals surface area contributed by atoms with Crippen LogP contribution in [0.1, 0.15) is 15.4 Å². The number of benzene rings is 1. The highest BCUT2D eigenvalue weighted by Crippen LogP contribution is 2.18. The van der Waals surface area contributed by atoms with Gasteiger partial charge in [0.2, 0.25) is 0 Å². The lowest BCUT2D eigenvalue weighted by atomic mass is 10.2. The predicted octanol–water partition coefficient (Wildman–Crippen LogP) is 2.11. The zero-order chi connectivity index (χ0) is 13.5. The first-order valence-corrected chi connectivity index (χ1v) is 7.05. The summed E-state index contributed by atoms with van der Waals surface area (Å²) in [7, 11) is 0. The largest absolute Gasteiger partial charge is 0.491 e. The van der Waals surface area contributed by atoms with E-state index in [0.717, 1.165) is 29.4 Å². The van der Waals surface area contributed by atoms with E-state index in [1.54, 1.807) is 11.3 Å². The molecule has 1 aromatic heterocycles. The van der Waals surface area contributed by atoms with Crippen molar-refractivity contribution in [2.75, 3.05) is 13.2 Å². The van der Waals surface area contributed by atoms with Crippen LogP contribution in [-0.2, 0) is 13.1 Å². The number of aliphatic hydroxyl groups excluding tert-OH is 1. The summed E-state index contributed by atoms with van der Waals surface area (Å²) in [6.45, 7) is 3.90. The van der Waals surface area contributed by atoms with E-state index < -0.39 is 0 Å². The van der Waals surface area contributed by atoms with Crippen molar-refractivity contribution in [1.29, 1.82) is 0 Å². The van der Waals surface area contributed by atoms with Gasteiger partial charge < -0.3 is 15.2 Å². The molecule has 0 radical (unpaired) electrons. The molecule has 0 saturated carbocycles. The Bertz CT molecular complexity index is 514. The van der Waals surface area contributed by atoms with E-state index in [9.17, 15) is 0 Å². The first kappa shape index (κ1) is 14.0. The molecule has 0 spiro atoms. The first-order chi connectivity index (χ1) is 9.29. The molecule has 0 aliphatic heterocycles. The van der Waals surface area contributed by atoms with Crippen LogP contribution in [0.5, 0.6) is 5.75 Å². The molecule has 0 saturated heterocycles. The molecule has 4 nitrogen and oxygen atoms in total. The fraction of sp³-hybridized carbons (Fsp3) is 0.357. The highest BCUT2D eigenvalue weighted by atomic mass is 32.1. The van der Waals surface area contributed by atoms with Crippen LogP contribution in [0.4, 0.5) is 0 Å². The summed E-state index contributed by atoms with van der Waals surface area (Å²) in [6.07, 6.45) is 1.90. The molecular formula is C14H18N2O2S. The van der Waals surface area contributed by atoms with Gasteiger partial charge in [-0.15, -0.1) is 11.3 Å². The van der Waals surface area contributed by atoms with Crippen LogP contribution in [0.3, 0.4) is 0 Å². The lowest BCUT2D eigenvalue weighted by Crippen LogP contribution is -2.13. The number of thiazole rings is 1. The Morgan fingerprint density at radius 1 is 1.32 bits per heavy atom. The summed E-state index contributed by atoms with van der Waals surface area (Å²) in [5.74, 6) is 0.824. The van der Waals surface area contributed by atoms with Crippen molar-refractivity contribution < 1.29 is 9.84 Å². The molecule has 0 bridgehead atoms. The molecule has 0 aliphatic rings. The van der Waals surface area contributed by atoms with E-state index in [4.69, 9.17) is 9.84 Å². The number of hydrogen-bond acceptors (Lipinski definition) is 5. The van der Waals surface area contributed by atoms with Crippen LogP contribution < -0.4 is 10.1 Å². The Labute approximate surface area is 117 Å². The summed E-state index contributed by atoms with van der Waals surface area (Å²) >= 11 is 1.70. The van der Waals surface area contributed by atoms with E-state index in [-0.39, 0.29) is 6.61 Å². The third-order valence-corrected chi connectivity index (χ3v) is 3.52. The summed E-state index contributed by atoms with van der Waals surface area (Å²) in [5.41, 5.74) is 1.09. The maximum Gasteiger partial charge on any atom is 0.123 e. The summed E-state index contributed by atoms with van der Waals surface area (Å²) in [5, 5.41) is 13.3. The zero-order valence-corrected chi connectivity index (χ0v) is 11.7. The fourth-order valence-corrected chi connectivity index (χ4v) is 2.52. The van der Waals surface area contributed by atoms with Crippen molar-refractivity contribution >= 4 is 11.3 Å². The molecule has 0 fully saturated rings. The second kappa shape index (κ2) is 7.23. The number of para-hydroxylation sites is 1. The molecule has 2 rings (SSSR count). The Morgan fingerprint density at radius 2 is 2.16 bits per heavy atom. The molecule has 0 atom stereocenters. The number of hydrogen-bond donors (Lipinski definition) is 2. The summed E-state index contributed by atoms with van der Waals surface area (Å²) in [6, 6.07) is 7.86. The molecule has 1 aromatic carbocycles. The molecule has 0 unspecified atom stereocenters. The van der Waals surface area contributed by atoms with Gasteiger partial charge in [0.25, 0.3) is 0 Å². The third kappa shape index (κ3) is 4.31. The quantitative estimate of drug-likeness (QED) is 0.814. The monoisotopic (exact) mass is 278 g/mol. The molecule has 0 amide bonds. The highest BCUT2D eigenvalue weighted by molar-refractivity contribution is 7.11. The van der Waals surface area contributed by atoms with E-state index in [0.29, 0.717) is 6.61 Å². The molecule has 1 heterocycles. The molecular weight excluding hydrogens is 260 g/mol. The van der Waals surface area contributed by atoms with Gasteiger partial charge in [-0.05, 0) is 13.0 Å². The lowest BCUT2D eigenvalue weighted by molar-refractivity contribution is 0.200. The van der Waals surface area contributed by atoms with Crippen molar-refractivity contribution in [2.45, 2.75) is 20.0 Å². The third-order valence-electron chi connectivity index (χ3n) is 2.61. The van der Waals surface area contributed by atoms with Crippen molar-refractivity contribution in [2.24, 2.45) is 0 Å². The van der Waals surface area contributed by atoms with Crippen molar-refractivity contribution in [3.05, 3.63) is 45.9 Å². The maximum atomic E-state index is 8.80. The second-order valence-corrected chi connectivity index (χ2v) is 5.45. The van der Waals surface area contributed by atoms with Gasteiger partial charge >= 0.3 is 0 Å². The Balaban J connectivity index is 1.88. The minimum atomic E-state index is 0.0297. The van der Waals surface area contributed by atoms with Gasteiger partial charge in [-0.3, -0.25) is 0 Å². The minimum Gasteiger partial charge on any atom is -0.491 e. The molecule has 2 N–H and O–H groups in total. The van der Waals surface area contributed by atoms with Crippen LogP contribution in [-0.4, -0.2) is 23.3 Å². The van der Waals surface area contributed by atoms with Crippen LogP contribution in [0.25, 0.3) is 0 Å². The number of aliphatic hydroxyl groups is 1. The van der Waals surface area contributed by atoms with Gasteiger partial charge in [-0.1, -0.05) is 18.2 Å². The Morgan fingerprint density at radius 3 is 2.89 bits per heavy atom. The number of aromatic nitrogens is 1. The van der Waals surface area contributed by atoms with Gasteiger partial charge in [0.15, 0.2) is 0 Å². The Kier molecular flexibility index (Phi) is 5.32. The number of ether oxygens (including phenoxy) is 1. The second-order valence-electron chi connectivity index (χ2n) is 4.13. The number of nitrogens with zero attached hydrogens (tertiary/aromatic N) is 1. The zero-order valence-electron chi connectivity index (χ0n) is 10.9. The predicted molar refractivity (Wildman–Crippen MR) is 76.4 cm³/mol. The van der Waals surface area contributed by atoms with E-state index in [1.165, 1.54) is 4.88 Å². The van der Waals surface area contributed by atoms with Crippen molar-refractivity contribution in [3.8, 4) is 5.75 Å². The maximum absolute atomic E-state index is 8.80. The van der Waals surface area contributed by atoms with Gasteiger partial charge in [-0.2, -0.15) is 0 Å².